The molecule has 2 rings (SSSR count). The Balaban J connectivity index is 1.83. The van der Waals surface area contributed by atoms with E-state index in [0.717, 1.165) is 6.54 Å². The van der Waals surface area contributed by atoms with Crippen LogP contribution < -0.4 is 0 Å². The molecule has 72 valence electrons. The van der Waals surface area contributed by atoms with Gasteiger partial charge in [0.05, 0.1) is 12.5 Å². The average molecular weight is 180 g/mol. The minimum absolute atomic E-state index is 1.03. The molecule has 0 bridgehead atoms. The molecule has 1 fully saturated rings. The smallest absolute Gasteiger partial charge is 0.0947 e. The number of nitrogens with zero attached hydrogens (tertiary/aromatic N) is 2. The van der Waals surface area contributed by atoms with Gasteiger partial charge in [-0.05, 0) is 13.1 Å². The molecule has 2 heterocycles. The molecule has 0 spiro atoms. The van der Waals surface area contributed by atoms with Crippen molar-refractivity contribution in [1.82, 2.24) is 9.80 Å². The Kier molecular flexibility index (Phi) is 2.66. The van der Waals surface area contributed by atoms with E-state index in [-0.39, 0.29) is 0 Å². The van der Waals surface area contributed by atoms with E-state index in [1.54, 1.807) is 6.26 Å². The van der Waals surface area contributed by atoms with Crippen LogP contribution in [0.5, 0.6) is 0 Å². The molecule has 3 nitrogen and oxygen atoms in total. The van der Waals surface area contributed by atoms with E-state index < -0.39 is 0 Å². The Bertz CT molecular complexity index is 237. The van der Waals surface area contributed by atoms with E-state index >= 15 is 0 Å². The molecule has 0 N–H and O–H groups in total. The van der Waals surface area contributed by atoms with Crippen LogP contribution in [0.25, 0.3) is 0 Å². The summed E-state index contributed by atoms with van der Waals surface area (Å²) < 4.78 is 5.04. The molecule has 0 unspecified atom stereocenters. The lowest BCUT2D eigenvalue weighted by Crippen LogP contribution is -2.43. The van der Waals surface area contributed by atoms with Gasteiger partial charge in [-0.25, -0.2) is 0 Å². The predicted molar refractivity (Wildman–Crippen MR) is 51.5 cm³/mol. The lowest BCUT2D eigenvalue weighted by molar-refractivity contribution is 0.148. The summed E-state index contributed by atoms with van der Waals surface area (Å²) in [6, 6.07) is 2.04. The van der Waals surface area contributed by atoms with E-state index in [1.165, 1.54) is 31.7 Å². The first-order valence-electron chi connectivity index (χ1n) is 4.76. The van der Waals surface area contributed by atoms with Gasteiger partial charge in [0.25, 0.3) is 0 Å². The first kappa shape index (κ1) is 8.78. The third-order valence-corrected chi connectivity index (χ3v) is 2.58. The molecule has 1 aliphatic rings. The fraction of sp³-hybridized carbons (Fsp3) is 0.600. The van der Waals surface area contributed by atoms with Gasteiger partial charge in [-0.1, -0.05) is 0 Å². The lowest BCUT2D eigenvalue weighted by atomic mass is 10.2. The van der Waals surface area contributed by atoms with Gasteiger partial charge in [-0.2, -0.15) is 0 Å². The van der Waals surface area contributed by atoms with E-state index in [2.05, 4.69) is 16.8 Å². The number of piperazine rings is 1. The van der Waals surface area contributed by atoms with Crippen LogP contribution in [0.1, 0.15) is 5.56 Å². The van der Waals surface area contributed by atoms with Crippen molar-refractivity contribution < 1.29 is 4.42 Å². The fourth-order valence-corrected chi connectivity index (χ4v) is 1.65. The molecule has 3 heteroatoms. The largest absolute Gasteiger partial charge is 0.472 e. The minimum Gasteiger partial charge on any atom is -0.472 e. The summed E-state index contributed by atoms with van der Waals surface area (Å²) in [4.78, 5) is 4.83. The highest BCUT2D eigenvalue weighted by Gasteiger charge is 2.13. The van der Waals surface area contributed by atoms with E-state index in [1.807, 2.05) is 12.3 Å². The van der Waals surface area contributed by atoms with Crippen LogP contribution >= 0.6 is 0 Å². The zero-order chi connectivity index (χ0) is 9.10. The lowest BCUT2D eigenvalue weighted by Gasteiger charge is -2.31. The molecule has 13 heavy (non-hydrogen) atoms. The van der Waals surface area contributed by atoms with Crippen LogP contribution in [0, 0.1) is 0 Å². The van der Waals surface area contributed by atoms with Crippen LogP contribution in [-0.4, -0.2) is 43.0 Å². The predicted octanol–water partition coefficient (Wildman–Crippen LogP) is 1.03. The summed E-state index contributed by atoms with van der Waals surface area (Å²) in [5.41, 5.74) is 1.28. The van der Waals surface area contributed by atoms with Crippen molar-refractivity contribution in [3.8, 4) is 0 Å². The summed E-state index contributed by atoms with van der Waals surface area (Å²) in [6.45, 7) is 5.73. The van der Waals surface area contributed by atoms with Crippen molar-refractivity contribution in [2.24, 2.45) is 0 Å². The Morgan fingerprint density at radius 2 is 2.08 bits per heavy atom. The number of likely N-dealkylation sites (N-methyl/N-ethyl adjacent to an activating group) is 1. The van der Waals surface area contributed by atoms with Crippen molar-refractivity contribution in [2.45, 2.75) is 6.54 Å². The zero-order valence-corrected chi connectivity index (χ0v) is 8.07. The standard InChI is InChI=1S/C10H16N2O/c1-11-3-5-12(6-4-11)8-10-2-7-13-9-10/h2,7,9H,3-6,8H2,1H3. The third-order valence-electron chi connectivity index (χ3n) is 2.58. The first-order valence-corrected chi connectivity index (χ1v) is 4.76. The van der Waals surface area contributed by atoms with E-state index in [9.17, 15) is 0 Å². The Morgan fingerprint density at radius 3 is 2.69 bits per heavy atom. The Hall–Kier alpha value is -0.800. The first-order chi connectivity index (χ1) is 6.34. The van der Waals surface area contributed by atoms with Gasteiger partial charge in [-0.15, -0.1) is 0 Å². The number of hydrogen-bond donors (Lipinski definition) is 0. The molecular formula is C10H16N2O. The topological polar surface area (TPSA) is 19.6 Å². The normalized spacial score (nSPS) is 20.7. The van der Waals surface area contributed by atoms with Crippen molar-refractivity contribution in [3.05, 3.63) is 24.2 Å². The van der Waals surface area contributed by atoms with Crippen molar-refractivity contribution >= 4 is 0 Å². The summed E-state index contributed by atoms with van der Waals surface area (Å²) in [6.07, 6.45) is 3.57. The van der Waals surface area contributed by atoms with Crippen LogP contribution in [0.4, 0.5) is 0 Å². The molecule has 0 atom stereocenters. The zero-order valence-electron chi connectivity index (χ0n) is 8.07. The maximum Gasteiger partial charge on any atom is 0.0947 e. The van der Waals surface area contributed by atoms with Gasteiger partial charge in [-0.3, -0.25) is 4.90 Å². The molecule has 0 aliphatic carbocycles. The molecule has 1 aliphatic heterocycles. The Labute approximate surface area is 78.9 Å². The molecule has 1 saturated heterocycles. The molecule has 0 amide bonds. The summed E-state index contributed by atoms with van der Waals surface area (Å²) in [7, 11) is 2.18. The summed E-state index contributed by atoms with van der Waals surface area (Å²) in [5, 5.41) is 0. The van der Waals surface area contributed by atoms with E-state index in [4.69, 9.17) is 4.42 Å². The maximum atomic E-state index is 5.04. The van der Waals surface area contributed by atoms with Crippen LogP contribution in [-0.2, 0) is 6.54 Å². The third kappa shape index (κ3) is 2.32. The van der Waals surface area contributed by atoms with Gasteiger partial charge >= 0.3 is 0 Å². The second-order valence-electron chi connectivity index (χ2n) is 3.71. The van der Waals surface area contributed by atoms with Crippen LogP contribution in [0.3, 0.4) is 0 Å². The van der Waals surface area contributed by atoms with Gasteiger partial charge in [0, 0.05) is 38.3 Å². The van der Waals surface area contributed by atoms with E-state index in [0.29, 0.717) is 0 Å². The molecular weight excluding hydrogens is 164 g/mol. The van der Waals surface area contributed by atoms with Crippen molar-refractivity contribution in [3.63, 3.8) is 0 Å². The number of rotatable bonds is 2. The highest BCUT2D eigenvalue weighted by Crippen LogP contribution is 2.07. The number of hydrogen-bond acceptors (Lipinski definition) is 3. The molecule has 0 saturated carbocycles. The summed E-state index contributed by atoms with van der Waals surface area (Å²) >= 11 is 0. The molecule has 1 aromatic heterocycles. The van der Waals surface area contributed by atoms with Crippen LogP contribution in [0.2, 0.25) is 0 Å². The van der Waals surface area contributed by atoms with Gasteiger partial charge in [0.1, 0.15) is 0 Å². The monoisotopic (exact) mass is 180 g/mol. The second kappa shape index (κ2) is 3.94. The second-order valence-corrected chi connectivity index (χ2v) is 3.71. The quantitative estimate of drug-likeness (QED) is 0.677. The molecule has 0 aromatic carbocycles. The SMILES string of the molecule is CN1CCN(Cc2ccoc2)CC1. The van der Waals surface area contributed by atoms with Gasteiger partial charge in [0.15, 0.2) is 0 Å². The molecule has 1 aromatic rings. The minimum atomic E-state index is 1.03. The highest BCUT2D eigenvalue weighted by molar-refractivity contribution is 5.05. The number of furan rings is 1. The highest BCUT2D eigenvalue weighted by atomic mass is 16.3. The fourth-order valence-electron chi connectivity index (χ4n) is 1.65. The maximum absolute atomic E-state index is 5.04. The van der Waals surface area contributed by atoms with Gasteiger partial charge < -0.3 is 9.32 Å². The van der Waals surface area contributed by atoms with Crippen molar-refractivity contribution in [1.29, 1.82) is 0 Å². The molecule has 0 radical (unpaired) electrons. The Morgan fingerprint density at radius 1 is 1.31 bits per heavy atom. The van der Waals surface area contributed by atoms with Gasteiger partial charge in [0.2, 0.25) is 0 Å². The van der Waals surface area contributed by atoms with Crippen molar-refractivity contribution in [2.75, 3.05) is 33.2 Å². The van der Waals surface area contributed by atoms with Crippen LogP contribution in [0.15, 0.2) is 23.0 Å². The average Bonchev–Trinajstić information content (AvgIpc) is 2.62. The summed E-state index contributed by atoms with van der Waals surface area (Å²) in [5.74, 6) is 0.